The van der Waals surface area contributed by atoms with E-state index in [4.69, 9.17) is 16.3 Å². The Morgan fingerprint density at radius 2 is 1.82 bits per heavy atom. The van der Waals surface area contributed by atoms with Crippen molar-refractivity contribution in [3.8, 4) is 28.1 Å². The SMILES string of the molecule is [C-]#[N+]c1ccc(-c2nc(CCC3CCCCC3)n(C)c(=O)c2-c2ccc(OC)c(F)c2)cc1. The Bertz CT molecular complexity index is 1240. The zero-order valence-electron chi connectivity index (χ0n) is 19.1. The Balaban J connectivity index is 1.82. The summed E-state index contributed by atoms with van der Waals surface area (Å²) in [6.45, 7) is 7.21. The van der Waals surface area contributed by atoms with Gasteiger partial charge in [-0.2, -0.15) is 0 Å². The highest BCUT2D eigenvalue weighted by molar-refractivity contribution is 5.81. The molecule has 1 heterocycles. The lowest BCUT2D eigenvalue weighted by molar-refractivity contribution is 0.336. The van der Waals surface area contributed by atoms with E-state index in [0.717, 1.165) is 24.2 Å². The largest absolute Gasteiger partial charge is 0.494 e. The fraction of sp³-hybridized carbons (Fsp3) is 0.370. The molecule has 1 aliphatic carbocycles. The highest BCUT2D eigenvalue weighted by Gasteiger charge is 2.21. The van der Waals surface area contributed by atoms with Crippen molar-refractivity contribution in [3.05, 3.63) is 75.9 Å². The van der Waals surface area contributed by atoms with Crippen LogP contribution < -0.4 is 10.3 Å². The van der Waals surface area contributed by atoms with Crippen LogP contribution in [0.2, 0.25) is 0 Å². The monoisotopic (exact) mass is 445 g/mol. The summed E-state index contributed by atoms with van der Waals surface area (Å²) in [6, 6.07) is 11.5. The molecule has 0 saturated heterocycles. The first kappa shape index (κ1) is 22.7. The van der Waals surface area contributed by atoms with E-state index in [1.807, 2.05) is 0 Å². The summed E-state index contributed by atoms with van der Waals surface area (Å²) < 4.78 is 21.2. The maximum atomic E-state index is 14.5. The van der Waals surface area contributed by atoms with Crippen LogP contribution in [0.25, 0.3) is 27.2 Å². The first-order valence-corrected chi connectivity index (χ1v) is 11.4. The molecule has 33 heavy (non-hydrogen) atoms. The van der Waals surface area contributed by atoms with Gasteiger partial charge in [-0.25, -0.2) is 14.2 Å². The molecule has 0 atom stereocenters. The molecule has 5 nitrogen and oxygen atoms in total. The van der Waals surface area contributed by atoms with Gasteiger partial charge in [-0.05, 0) is 35.6 Å². The van der Waals surface area contributed by atoms with Crippen molar-refractivity contribution in [1.29, 1.82) is 0 Å². The van der Waals surface area contributed by atoms with Crippen molar-refractivity contribution >= 4 is 5.69 Å². The third-order valence-electron chi connectivity index (χ3n) is 6.59. The van der Waals surface area contributed by atoms with Gasteiger partial charge >= 0.3 is 0 Å². The van der Waals surface area contributed by atoms with Crippen LogP contribution in [0.3, 0.4) is 0 Å². The number of aryl methyl sites for hydroxylation is 1. The predicted octanol–water partition coefficient (Wildman–Crippen LogP) is 6.33. The second-order valence-corrected chi connectivity index (χ2v) is 8.67. The maximum Gasteiger partial charge on any atom is 0.261 e. The molecule has 2 aromatic carbocycles. The lowest BCUT2D eigenvalue weighted by Crippen LogP contribution is -2.25. The highest BCUT2D eigenvalue weighted by Crippen LogP contribution is 2.32. The number of rotatable bonds is 6. The number of nitrogens with zero attached hydrogens (tertiary/aromatic N) is 3. The van der Waals surface area contributed by atoms with E-state index in [-0.39, 0.29) is 11.3 Å². The molecule has 6 heteroatoms. The van der Waals surface area contributed by atoms with Gasteiger partial charge in [-0.3, -0.25) is 9.36 Å². The minimum Gasteiger partial charge on any atom is -0.494 e. The van der Waals surface area contributed by atoms with E-state index in [1.54, 1.807) is 41.9 Å². The molecule has 1 aromatic heterocycles. The van der Waals surface area contributed by atoms with Gasteiger partial charge in [0.05, 0.1) is 24.9 Å². The summed E-state index contributed by atoms with van der Waals surface area (Å²) >= 11 is 0. The van der Waals surface area contributed by atoms with Crippen LogP contribution >= 0.6 is 0 Å². The summed E-state index contributed by atoms with van der Waals surface area (Å²) in [5.41, 5.74) is 2.33. The van der Waals surface area contributed by atoms with Crippen LogP contribution in [-0.4, -0.2) is 16.7 Å². The van der Waals surface area contributed by atoms with Gasteiger partial charge in [0.1, 0.15) is 5.82 Å². The minimum absolute atomic E-state index is 0.121. The lowest BCUT2D eigenvalue weighted by atomic mass is 9.86. The summed E-state index contributed by atoms with van der Waals surface area (Å²) in [7, 11) is 3.14. The van der Waals surface area contributed by atoms with Crippen LogP contribution in [0.4, 0.5) is 10.1 Å². The van der Waals surface area contributed by atoms with E-state index in [2.05, 4.69) is 4.85 Å². The van der Waals surface area contributed by atoms with E-state index >= 15 is 0 Å². The van der Waals surface area contributed by atoms with Crippen molar-refractivity contribution in [3.63, 3.8) is 0 Å². The fourth-order valence-electron chi connectivity index (χ4n) is 4.66. The molecule has 0 unspecified atom stereocenters. The smallest absolute Gasteiger partial charge is 0.261 e. The van der Waals surface area contributed by atoms with Gasteiger partial charge in [-0.1, -0.05) is 62.4 Å². The second kappa shape index (κ2) is 9.99. The molecule has 0 amide bonds. The number of hydrogen-bond acceptors (Lipinski definition) is 3. The number of aromatic nitrogens is 2. The van der Waals surface area contributed by atoms with Gasteiger partial charge in [0, 0.05) is 13.5 Å². The van der Waals surface area contributed by atoms with Crippen LogP contribution in [0.5, 0.6) is 5.75 Å². The van der Waals surface area contributed by atoms with Crippen LogP contribution in [0, 0.1) is 18.3 Å². The molecule has 0 aliphatic heterocycles. The van der Waals surface area contributed by atoms with Gasteiger partial charge in [0.25, 0.3) is 5.56 Å². The lowest BCUT2D eigenvalue weighted by Gasteiger charge is -2.22. The zero-order chi connectivity index (χ0) is 23.4. The van der Waals surface area contributed by atoms with E-state index in [0.29, 0.717) is 28.4 Å². The number of hydrogen-bond donors (Lipinski definition) is 0. The Labute approximate surface area is 193 Å². The predicted molar refractivity (Wildman–Crippen MR) is 128 cm³/mol. The first-order valence-electron chi connectivity index (χ1n) is 11.4. The number of halogens is 1. The quantitative estimate of drug-likeness (QED) is 0.417. The molecule has 0 bridgehead atoms. The average molecular weight is 446 g/mol. The van der Waals surface area contributed by atoms with Crippen LogP contribution in [0.1, 0.15) is 44.3 Å². The first-order chi connectivity index (χ1) is 16.0. The van der Waals surface area contributed by atoms with Gasteiger partial charge in [-0.15, -0.1) is 0 Å². The third kappa shape index (κ3) is 4.83. The van der Waals surface area contributed by atoms with Gasteiger partial charge in [0.15, 0.2) is 17.3 Å². The van der Waals surface area contributed by atoms with Crippen molar-refractivity contribution in [2.24, 2.45) is 13.0 Å². The summed E-state index contributed by atoms with van der Waals surface area (Å²) in [4.78, 5) is 21.9. The van der Waals surface area contributed by atoms with Crippen LogP contribution in [0.15, 0.2) is 47.3 Å². The van der Waals surface area contributed by atoms with Gasteiger partial charge in [0.2, 0.25) is 0 Å². The second-order valence-electron chi connectivity index (χ2n) is 8.67. The Hall–Kier alpha value is -3.46. The van der Waals surface area contributed by atoms with Crippen molar-refractivity contribution in [2.75, 3.05) is 7.11 Å². The van der Waals surface area contributed by atoms with E-state index in [9.17, 15) is 9.18 Å². The molecule has 4 rings (SSSR count). The molecule has 0 spiro atoms. The van der Waals surface area contributed by atoms with Gasteiger partial charge < -0.3 is 4.74 Å². The molecular weight excluding hydrogens is 417 g/mol. The number of benzene rings is 2. The summed E-state index contributed by atoms with van der Waals surface area (Å²) in [5.74, 6) is 0.989. The molecule has 0 N–H and O–H groups in total. The molecule has 1 saturated carbocycles. The molecule has 1 aliphatic rings. The highest BCUT2D eigenvalue weighted by atomic mass is 19.1. The molecule has 170 valence electrons. The van der Waals surface area contributed by atoms with E-state index in [1.165, 1.54) is 51.3 Å². The van der Waals surface area contributed by atoms with E-state index < -0.39 is 5.82 Å². The zero-order valence-corrected chi connectivity index (χ0v) is 19.1. The minimum atomic E-state index is -0.535. The summed E-state index contributed by atoms with van der Waals surface area (Å²) in [6.07, 6.45) is 8.07. The maximum absolute atomic E-state index is 14.5. The third-order valence-corrected chi connectivity index (χ3v) is 6.59. The normalized spacial score (nSPS) is 14.1. The Morgan fingerprint density at radius 3 is 2.45 bits per heavy atom. The van der Waals surface area contributed by atoms with Crippen molar-refractivity contribution in [1.82, 2.24) is 9.55 Å². The molecule has 0 radical (unpaired) electrons. The molecule has 3 aromatic rings. The van der Waals surface area contributed by atoms with Crippen molar-refractivity contribution in [2.45, 2.75) is 44.9 Å². The standard InChI is InChI=1S/C27H28FN3O2/c1-29-21-13-10-19(11-14-21)26-25(20-12-15-23(33-3)22(28)17-20)27(32)31(2)24(30-26)16-9-18-7-5-4-6-8-18/h10-15,17-18H,4-9,16H2,2-3H3. The van der Waals surface area contributed by atoms with Crippen LogP contribution in [-0.2, 0) is 13.5 Å². The van der Waals surface area contributed by atoms with Crippen molar-refractivity contribution < 1.29 is 9.13 Å². The molecule has 1 fully saturated rings. The number of methoxy groups -OCH3 is 1. The topological polar surface area (TPSA) is 48.5 Å². The fourth-order valence-corrected chi connectivity index (χ4v) is 4.66. The molecular formula is C27H28FN3O2. The average Bonchev–Trinajstić information content (AvgIpc) is 2.85. The Kier molecular flexibility index (Phi) is 6.88. The Morgan fingerprint density at radius 1 is 1.12 bits per heavy atom. The number of ether oxygens (including phenoxy) is 1. The summed E-state index contributed by atoms with van der Waals surface area (Å²) in [5, 5.41) is 0.